The molecule has 0 saturated heterocycles. The van der Waals surface area contributed by atoms with Crippen LogP contribution in [-0.4, -0.2) is 42.5 Å². The molecule has 0 aliphatic heterocycles. The fourth-order valence-electron chi connectivity index (χ4n) is 1.14. The van der Waals surface area contributed by atoms with E-state index >= 15 is 0 Å². The summed E-state index contributed by atoms with van der Waals surface area (Å²) in [6.07, 6.45) is 1.24. The van der Waals surface area contributed by atoms with Crippen molar-refractivity contribution in [3.05, 3.63) is 16.3 Å². The van der Waals surface area contributed by atoms with E-state index in [1.54, 1.807) is 7.05 Å². The van der Waals surface area contributed by atoms with Gasteiger partial charge in [0.1, 0.15) is 6.20 Å². The third-order valence-corrected chi connectivity index (χ3v) is 3.34. The minimum atomic E-state index is -3.33. The quantitative estimate of drug-likeness (QED) is 0.517. The second-order valence-corrected chi connectivity index (χ2v) is 5.29. The highest BCUT2D eigenvalue weighted by Crippen LogP contribution is 2.20. The van der Waals surface area contributed by atoms with Gasteiger partial charge < -0.3 is 5.32 Å². The van der Waals surface area contributed by atoms with Crippen molar-refractivity contribution >= 4 is 21.5 Å². The van der Waals surface area contributed by atoms with Gasteiger partial charge >= 0.3 is 5.69 Å². The number of rotatable bonds is 6. The van der Waals surface area contributed by atoms with Crippen LogP contribution in [0.5, 0.6) is 0 Å². The van der Waals surface area contributed by atoms with Crippen molar-refractivity contribution in [2.45, 2.75) is 0 Å². The molecule has 0 bridgehead atoms. The third-order valence-electron chi connectivity index (χ3n) is 1.98. The molecule has 96 valence electrons. The van der Waals surface area contributed by atoms with Crippen LogP contribution in [-0.2, 0) is 17.1 Å². The maximum absolute atomic E-state index is 11.1. The molecule has 10 heteroatoms. The van der Waals surface area contributed by atoms with E-state index in [4.69, 9.17) is 0 Å². The first-order valence-corrected chi connectivity index (χ1v) is 6.34. The largest absolute Gasteiger partial charge is 0.362 e. The standard InChI is InChI=1S/C7H13N5O4S/c1-8-17(15,16)4-3-9-7-6(12(13)14)5-11(2)10-7/h5,8H,3-4H2,1-2H3,(H,9,10). The number of nitrogens with zero attached hydrogens (tertiary/aromatic N) is 3. The number of nitrogens with one attached hydrogen (secondary N) is 2. The van der Waals surface area contributed by atoms with Crippen molar-refractivity contribution in [2.75, 3.05) is 24.7 Å². The van der Waals surface area contributed by atoms with Crippen molar-refractivity contribution in [2.24, 2.45) is 7.05 Å². The summed E-state index contributed by atoms with van der Waals surface area (Å²) >= 11 is 0. The average Bonchev–Trinajstić information content (AvgIpc) is 2.60. The van der Waals surface area contributed by atoms with E-state index in [0.29, 0.717) is 0 Å². The van der Waals surface area contributed by atoms with E-state index in [1.807, 2.05) is 0 Å². The first kappa shape index (κ1) is 13.4. The number of aromatic nitrogens is 2. The maximum atomic E-state index is 11.1. The maximum Gasteiger partial charge on any atom is 0.330 e. The normalized spacial score (nSPS) is 11.4. The average molecular weight is 263 g/mol. The van der Waals surface area contributed by atoms with Crippen LogP contribution in [0.3, 0.4) is 0 Å². The highest BCUT2D eigenvalue weighted by Gasteiger charge is 2.18. The van der Waals surface area contributed by atoms with Crippen molar-refractivity contribution in [3.63, 3.8) is 0 Å². The minimum absolute atomic E-state index is 0.0427. The van der Waals surface area contributed by atoms with Crippen LogP contribution in [0.4, 0.5) is 11.5 Å². The monoisotopic (exact) mass is 263 g/mol. The molecule has 0 fully saturated rings. The van der Waals surface area contributed by atoms with Gasteiger partial charge in [-0.3, -0.25) is 14.8 Å². The summed E-state index contributed by atoms with van der Waals surface area (Å²) in [4.78, 5) is 10.1. The molecular weight excluding hydrogens is 250 g/mol. The van der Waals surface area contributed by atoms with E-state index in [9.17, 15) is 18.5 Å². The molecule has 0 aliphatic rings. The van der Waals surface area contributed by atoms with Gasteiger partial charge in [-0.25, -0.2) is 13.1 Å². The number of hydrogen-bond acceptors (Lipinski definition) is 6. The fraction of sp³-hybridized carbons (Fsp3) is 0.571. The summed E-state index contributed by atoms with van der Waals surface area (Å²) in [6, 6.07) is 0. The Bertz CT molecular complexity index is 508. The zero-order valence-corrected chi connectivity index (χ0v) is 10.2. The van der Waals surface area contributed by atoms with Gasteiger partial charge in [0, 0.05) is 13.6 Å². The molecule has 0 spiro atoms. The molecule has 0 radical (unpaired) electrons. The van der Waals surface area contributed by atoms with Crippen LogP contribution in [0, 0.1) is 10.1 Å². The Morgan fingerprint density at radius 2 is 2.24 bits per heavy atom. The van der Waals surface area contributed by atoms with Crippen LogP contribution in [0.15, 0.2) is 6.20 Å². The summed E-state index contributed by atoms with van der Waals surface area (Å²) in [5.74, 6) is -0.124. The molecule has 0 atom stereocenters. The van der Waals surface area contributed by atoms with Crippen molar-refractivity contribution in [1.82, 2.24) is 14.5 Å². The molecule has 0 unspecified atom stereocenters. The molecule has 1 aromatic rings. The van der Waals surface area contributed by atoms with E-state index in [0.717, 1.165) is 0 Å². The molecule has 0 aromatic carbocycles. The predicted octanol–water partition coefficient (Wildman–Crippen LogP) is -0.711. The Morgan fingerprint density at radius 1 is 1.59 bits per heavy atom. The second-order valence-electron chi connectivity index (χ2n) is 3.24. The van der Waals surface area contributed by atoms with Gasteiger partial charge in [0.2, 0.25) is 15.8 Å². The summed E-state index contributed by atoms with van der Waals surface area (Å²) in [5.41, 5.74) is -0.186. The zero-order chi connectivity index (χ0) is 13.1. The fourth-order valence-corrected chi connectivity index (χ4v) is 1.72. The SMILES string of the molecule is CNS(=O)(=O)CCNc1nn(C)cc1[N+](=O)[O-]. The van der Waals surface area contributed by atoms with Gasteiger partial charge in [-0.15, -0.1) is 5.10 Å². The third kappa shape index (κ3) is 3.67. The van der Waals surface area contributed by atoms with Crippen molar-refractivity contribution in [3.8, 4) is 0 Å². The van der Waals surface area contributed by atoms with Gasteiger partial charge in [-0.05, 0) is 7.05 Å². The molecule has 9 nitrogen and oxygen atoms in total. The molecular formula is C7H13N5O4S. The lowest BCUT2D eigenvalue weighted by Gasteiger charge is -2.03. The highest BCUT2D eigenvalue weighted by atomic mass is 32.2. The van der Waals surface area contributed by atoms with Crippen LogP contribution in [0.2, 0.25) is 0 Å². The molecule has 1 heterocycles. The molecule has 0 amide bonds. The zero-order valence-electron chi connectivity index (χ0n) is 9.37. The lowest BCUT2D eigenvalue weighted by molar-refractivity contribution is -0.384. The van der Waals surface area contributed by atoms with Crippen molar-refractivity contribution in [1.29, 1.82) is 0 Å². The van der Waals surface area contributed by atoms with Crippen molar-refractivity contribution < 1.29 is 13.3 Å². The smallest absolute Gasteiger partial charge is 0.330 e. The van der Waals surface area contributed by atoms with Gasteiger partial charge in [0.05, 0.1) is 10.7 Å². The van der Waals surface area contributed by atoms with Gasteiger partial charge in [0.15, 0.2) is 0 Å². The van der Waals surface area contributed by atoms with Crippen LogP contribution in [0.25, 0.3) is 0 Å². The number of anilines is 1. The van der Waals surface area contributed by atoms with Crippen LogP contribution < -0.4 is 10.0 Å². The summed E-state index contributed by atoms with van der Waals surface area (Å²) in [7, 11) is -0.485. The van der Waals surface area contributed by atoms with Gasteiger partial charge in [-0.2, -0.15) is 0 Å². The predicted molar refractivity (Wildman–Crippen MR) is 61.2 cm³/mol. The van der Waals surface area contributed by atoms with Gasteiger partial charge in [0.25, 0.3) is 0 Å². The van der Waals surface area contributed by atoms with Crippen LogP contribution >= 0.6 is 0 Å². The van der Waals surface area contributed by atoms with E-state index in [-0.39, 0.29) is 23.8 Å². The minimum Gasteiger partial charge on any atom is -0.362 e. The Labute approximate surface area is 98.0 Å². The van der Waals surface area contributed by atoms with Gasteiger partial charge in [-0.1, -0.05) is 0 Å². The summed E-state index contributed by atoms with van der Waals surface area (Å²) < 4.78 is 25.6. The Kier molecular flexibility index (Phi) is 4.02. The Balaban J connectivity index is 2.67. The lowest BCUT2D eigenvalue weighted by Crippen LogP contribution is -2.26. The molecule has 1 rings (SSSR count). The summed E-state index contributed by atoms with van der Waals surface area (Å²) in [5, 5.41) is 17.1. The number of nitro groups is 1. The number of hydrogen-bond donors (Lipinski definition) is 2. The number of sulfonamides is 1. The molecule has 0 saturated carbocycles. The van der Waals surface area contributed by atoms with Crippen LogP contribution in [0.1, 0.15) is 0 Å². The molecule has 2 N–H and O–H groups in total. The second kappa shape index (κ2) is 5.10. The first-order chi connectivity index (χ1) is 7.85. The topological polar surface area (TPSA) is 119 Å². The number of aryl methyl sites for hydroxylation is 1. The summed E-state index contributed by atoms with van der Waals surface area (Å²) in [6.45, 7) is 0.0427. The lowest BCUT2D eigenvalue weighted by atomic mass is 10.5. The highest BCUT2D eigenvalue weighted by molar-refractivity contribution is 7.89. The van der Waals surface area contributed by atoms with E-state index in [1.165, 1.54) is 17.9 Å². The molecule has 0 aliphatic carbocycles. The first-order valence-electron chi connectivity index (χ1n) is 4.69. The van der Waals surface area contributed by atoms with E-state index < -0.39 is 14.9 Å². The Hall–Kier alpha value is -1.68. The Morgan fingerprint density at radius 3 is 2.76 bits per heavy atom. The van der Waals surface area contributed by atoms with E-state index in [2.05, 4.69) is 15.1 Å². The molecule has 1 aromatic heterocycles. The molecule has 17 heavy (non-hydrogen) atoms.